The number of rotatable bonds is 4. The van der Waals surface area contributed by atoms with E-state index in [1.54, 1.807) is 0 Å². The van der Waals surface area contributed by atoms with Crippen LogP contribution in [0.1, 0.15) is 32.3 Å². The molecule has 1 aromatic heterocycles. The van der Waals surface area contributed by atoms with Crippen LogP contribution in [0, 0.1) is 0 Å². The lowest BCUT2D eigenvalue weighted by Gasteiger charge is -2.45. The van der Waals surface area contributed by atoms with E-state index in [0.29, 0.717) is 17.1 Å². The maximum Gasteiger partial charge on any atom is 0.129 e. The molecular formula is C18H24ClN3. The van der Waals surface area contributed by atoms with Gasteiger partial charge in [-0.25, -0.2) is 4.98 Å². The summed E-state index contributed by atoms with van der Waals surface area (Å²) in [5.41, 5.74) is 2.62. The first-order valence-corrected chi connectivity index (χ1v) is 8.42. The fourth-order valence-corrected chi connectivity index (χ4v) is 3.35. The summed E-state index contributed by atoms with van der Waals surface area (Å²) in [6.45, 7) is 9.92. The fraction of sp³-hybridized carbons (Fsp3) is 0.500. The van der Waals surface area contributed by atoms with Gasteiger partial charge >= 0.3 is 0 Å². The average molecular weight is 318 g/mol. The number of hydrogen-bond donors (Lipinski definition) is 0. The molecule has 1 aliphatic heterocycles. The second-order valence-corrected chi connectivity index (χ2v) is 6.90. The van der Waals surface area contributed by atoms with E-state index in [0.717, 1.165) is 19.6 Å². The molecule has 0 amide bonds. The fourth-order valence-electron chi connectivity index (χ4n) is 3.19. The van der Waals surface area contributed by atoms with Crippen molar-refractivity contribution in [3.63, 3.8) is 0 Å². The van der Waals surface area contributed by atoms with Gasteiger partial charge in [0.05, 0.1) is 0 Å². The van der Waals surface area contributed by atoms with Crippen molar-refractivity contribution in [1.82, 2.24) is 9.88 Å². The number of benzene rings is 1. The first kappa shape index (κ1) is 15.6. The maximum atomic E-state index is 6.13. The lowest BCUT2D eigenvalue weighted by Crippen LogP contribution is -2.58. The molecule has 0 saturated carbocycles. The normalized spacial score (nSPS) is 15.9. The molecule has 0 atom stereocenters. The zero-order valence-corrected chi connectivity index (χ0v) is 14.6. The predicted octanol–water partition coefficient (Wildman–Crippen LogP) is 4.15. The average Bonchev–Trinajstić information content (AvgIpc) is 2.44. The van der Waals surface area contributed by atoms with Crippen molar-refractivity contribution in [3.05, 3.63) is 35.1 Å². The second-order valence-electron chi connectivity index (χ2n) is 6.51. The molecule has 2 aromatic rings. The van der Waals surface area contributed by atoms with Crippen molar-refractivity contribution >= 4 is 28.1 Å². The molecule has 1 saturated heterocycles. The molecule has 0 bridgehead atoms. The van der Waals surface area contributed by atoms with Crippen molar-refractivity contribution < 1.29 is 0 Å². The SMILES string of the molecule is CCN(C)C1CN(c2ccc(C(C)C)c3cc(Cl)ncc23)C1. The smallest absolute Gasteiger partial charge is 0.129 e. The highest BCUT2D eigenvalue weighted by Gasteiger charge is 2.30. The van der Waals surface area contributed by atoms with Gasteiger partial charge in [-0.3, -0.25) is 0 Å². The highest BCUT2D eigenvalue weighted by atomic mass is 35.5. The van der Waals surface area contributed by atoms with Crippen molar-refractivity contribution in [3.8, 4) is 0 Å². The van der Waals surface area contributed by atoms with Crippen LogP contribution in [0.4, 0.5) is 5.69 Å². The Labute approximate surface area is 137 Å². The van der Waals surface area contributed by atoms with Gasteiger partial charge in [0.25, 0.3) is 0 Å². The van der Waals surface area contributed by atoms with Crippen LogP contribution in [0.15, 0.2) is 24.4 Å². The van der Waals surface area contributed by atoms with Crippen LogP contribution in [0.25, 0.3) is 10.8 Å². The molecule has 1 aliphatic rings. The van der Waals surface area contributed by atoms with Crippen LogP contribution in [0.5, 0.6) is 0 Å². The number of nitrogens with zero attached hydrogens (tertiary/aromatic N) is 3. The number of aromatic nitrogens is 1. The Kier molecular flexibility index (Phi) is 4.28. The number of fused-ring (bicyclic) bond motifs is 1. The summed E-state index contributed by atoms with van der Waals surface area (Å²) in [7, 11) is 2.20. The topological polar surface area (TPSA) is 19.4 Å². The van der Waals surface area contributed by atoms with E-state index in [1.165, 1.54) is 22.0 Å². The summed E-state index contributed by atoms with van der Waals surface area (Å²) in [4.78, 5) is 9.16. The third-order valence-corrected chi connectivity index (χ3v) is 5.03. The van der Waals surface area contributed by atoms with E-state index >= 15 is 0 Å². The van der Waals surface area contributed by atoms with Gasteiger partial charge in [-0.1, -0.05) is 38.4 Å². The third kappa shape index (κ3) is 2.68. The first-order chi connectivity index (χ1) is 10.5. The number of hydrogen-bond acceptors (Lipinski definition) is 3. The Balaban J connectivity index is 1.97. The Morgan fingerprint density at radius 3 is 2.68 bits per heavy atom. The van der Waals surface area contributed by atoms with Crippen LogP contribution < -0.4 is 4.90 Å². The largest absolute Gasteiger partial charge is 0.368 e. The summed E-state index contributed by atoms with van der Waals surface area (Å²) in [5.74, 6) is 0.477. The molecule has 3 nitrogen and oxygen atoms in total. The van der Waals surface area contributed by atoms with E-state index in [9.17, 15) is 0 Å². The lowest BCUT2D eigenvalue weighted by atomic mass is 9.94. The van der Waals surface area contributed by atoms with E-state index in [1.807, 2.05) is 12.3 Å². The molecule has 0 radical (unpaired) electrons. The molecule has 0 N–H and O–H groups in total. The Bertz CT molecular complexity index is 677. The molecule has 22 heavy (non-hydrogen) atoms. The predicted molar refractivity (Wildman–Crippen MR) is 95.1 cm³/mol. The van der Waals surface area contributed by atoms with Crippen molar-refractivity contribution in [2.75, 3.05) is 31.6 Å². The summed E-state index contributed by atoms with van der Waals surface area (Å²) >= 11 is 6.13. The second kappa shape index (κ2) is 6.05. The molecule has 3 rings (SSSR count). The first-order valence-electron chi connectivity index (χ1n) is 8.04. The standard InChI is InChI=1S/C18H24ClN3/c1-5-21(4)13-10-22(11-13)17-7-6-14(12(2)3)15-8-18(19)20-9-16(15)17/h6-9,12-13H,5,10-11H2,1-4H3. The molecule has 118 valence electrons. The zero-order valence-electron chi connectivity index (χ0n) is 13.8. The summed E-state index contributed by atoms with van der Waals surface area (Å²) in [6, 6.07) is 7.15. The van der Waals surface area contributed by atoms with Crippen LogP contribution >= 0.6 is 11.6 Å². The van der Waals surface area contributed by atoms with E-state index < -0.39 is 0 Å². The maximum absolute atomic E-state index is 6.13. The third-order valence-electron chi connectivity index (χ3n) is 4.83. The van der Waals surface area contributed by atoms with Crippen molar-refractivity contribution in [2.24, 2.45) is 0 Å². The lowest BCUT2D eigenvalue weighted by molar-refractivity contribution is 0.215. The van der Waals surface area contributed by atoms with Gasteiger partial charge in [0.15, 0.2) is 0 Å². The van der Waals surface area contributed by atoms with Gasteiger partial charge in [0, 0.05) is 36.4 Å². The Morgan fingerprint density at radius 2 is 2.05 bits per heavy atom. The van der Waals surface area contributed by atoms with Crippen LogP contribution in [-0.4, -0.2) is 42.6 Å². The highest BCUT2D eigenvalue weighted by Crippen LogP contribution is 2.35. The van der Waals surface area contributed by atoms with Crippen molar-refractivity contribution in [1.29, 1.82) is 0 Å². The minimum atomic E-state index is 0.477. The van der Waals surface area contributed by atoms with Gasteiger partial charge in [0.2, 0.25) is 0 Å². The van der Waals surface area contributed by atoms with E-state index in [4.69, 9.17) is 11.6 Å². The van der Waals surface area contributed by atoms with Gasteiger partial charge in [0.1, 0.15) is 5.15 Å². The number of anilines is 1. The van der Waals surface area contributed by atoms with Crippen LogP contribution in [0.2, 0.25) is 5.15 Å². The molecule has 0 aliphatic carbocycles. The van der Waals surface area contributed by atoms with Gasteiger partial charge in [-0.05, 0) is 42.6 Å². The minimum absolute atomic E-state index is 0.477. The van der Waals surface area contributed by atoms with E-state index in [-0.39, 0.29) is 0 Å². The molecule has 4 heteroatoms. The van der Waals surface area contributed by atoms with Crippen LogP contribution in [-0.2, 0) is 0 Å². The number of halogens is 1. The number of pyridine rings is 1. The Morgan fingerprint density at radius 1 is 1.32 bits per heavy atom. The highest BCUT2D eigenvalue weighted by molar-refractivity contribution is 6.30. The summed E-state index contributed by atoms with van der Waals surface area (Å²) < 4.78 is 0. The quantitative estimate of drug-likeness (QED) is 0.790. The number of likely N-dealkylation sites (N-methyl/N-ethyl adjacent to an activating group) is 1. The summed E-state index contributed by atoms with van der Waals surface area (Å²) in [5, 5.41) is 3.02. The van der Waals surface area contributed by atoms with Gasteiger partial charge in [-0.15, -0.1) is 0 Å². The van der Waals surface area contributed by atoms with Gasteiger partial charge in [-0.2, -0.15) is 0 Å². The minimum Gasteiger partial charge on any atom is -0.368 e. The monoisotopic (exact) mass is 317 g/mol. The Hall–Kier alpha value is -1.32. The molecule has 0 spiro atoms. The zero-order chi connectivity index (χ0) is 15.9. The van der Waals surface area contributed by atoms with Gasteiger partial charge < -0.3 is 9.80 Å². The molecule has 0 unspecified atom stereocenters. The van der Waals surface area contributed by atoms with E-state index in [2.05, 4.69) is 54.7 Å². The molecule has 1 fully saturated rings. The van der Waals surface area contributed by atoms with Crippen LogP contribution in [0.3, 0.4) is 0 Å². The summed E-state index contributed by atoms with van der Waals surface area (Å²) in [6.07, 6.45) is 1.93. The molecule has 2 heterocycles. The van der Waals surface area contributed by atoms with Crippen molar-refractivity contribution in [2.45, 2.75) is 32.7 Å². The molecule has 1 aromatic carbocycles. The molecular weight excluding hydrogens is 294 g/mol.